The van der Waals surface area contributed by atoms with Crippen molar-refractivity contribution >= 4 is 64.2 Å². The molecule has 2 aromatic rings. The molecule has 48 heavy (non-hydrogen) atoms. The Morgan fingerprint density at radius 3 is 2.29 bits per heavy atom. The maximum absolute atomic E-state index is 14.1. The smallest absolute Gasteiger partial charge is 0.508 e. The van der Waals surface area contributed by atoms with Crippen LogP contribution in [0.15, 0.2) is 42.0 Å². The van der Waals surface area contributed by atoms with Crippen molar-refractivity contribution in [2.24, 2.45) is 17.8 Å². The van der Waals surface area contributed by atoms with Gasteiger partial charge in [0.15, 0.2) is 15.6 Å². The van der Waals surface area contributed by atoms with Gasteiger partial charge in [-0.3, -0.25) is 29.1 Å². The van der Waals surface area contributed by atoms with E-state index in [1.165, 1.54) is 6.08 Å². The lowest BCUT2D eigenvalue weighted by molar-refractivity contribution is -0.274. The topological polar surface area (TPSA) is 120 Å². The Morgan fingerprint density at radius 2 is 1.67 bits per heavy atom. The molecule has 0 bridgehead atoms. The van der Waals surface area contributed by atoms with Crippen LogP contribution in [0.25, 0.3) is 0 Å². The third-order valence-electron chi connectivity index (χ3n) is 9.26. The number of allylic oxidation sites excluding steroid dienone is 2. The molecule has 4 aliphatic rings. The number of carbonyl (C=O) groups excluding carboxylic acids is 4. The number of phenolic OH excluding ortho intramolecular Hbond substituents is 1. The molecule has 2 aliphatic carbocycles. The summed E-state index contributed by atoms with van der Waals surface area (Å²) >= 11 is 20.1. The molecule has 6 rings (SSSR count). The summed E-state index contributed by atoms with van der Waals surface area (Å²) < 4.78 is 83.9. The monoisotopic (exact) mass is 740 g/mol. The number of aromatic hydroxyl groups is 1. The number of phenols is 1. The highest BCUT2D eigenvalue weighted by molar-refractivity contribution is 6.53. The number of halogens is 9. The van der Waals surface area contributed by atoms with Gasteiger partial charge < -0.3 is 9.84 Å². The van der Waals surface area contributed by atoms with Crippen molar-refractivity contribution < 1.29 is 55.4 Å². The summed E-state index contributed by atoms with van der Waals surface area (Å²) in [4.78, 5) is 54.5. The fraction of sp³-hybridized carbons (Fsp3) is 0.414. The van der Waals surface area contributed by atoms with Crippen LogP contribution in [-0.4, -0.2) is 73.8 Å². The number of imide groups is 2. The number of likely N-dealkylation sites (tertiary alicyclic amines) is 1. The Morgan fingerprint density at radius 1 is 1.00 bits per heavy atom. The Labute approximate surface area is 281 Å². The number of alkyl halides is 8. The second kappa shape index (κ2) is 10.9. The van der Waals surface area contributed by atoms with E-state index in [-0.39, 0.29) is 22.6 Å². The molecule has 19 heteroatoms. The summed E-state index contributed by atoms with van der Waals surface area (Å²) in [5, 5.41) is 11.9. The molecule has 0 unspecified atom stereocenters. The van der Waals surface area contributed by atoms with E-state index in [1.807, 2.05) is 0 Å². The van der Waals surface area contributed by atoms with Gasteiger partial charge in [0.05, 0.1) is 16.9 Å². The summed E-state index contributed by atoms with van der Waals surface area (Å²) in [5.41, 5.74) is -1.61. The SMILES string of the molecule is CN1C(=O)[C@]2(Cl)C[C@@H]3C(=CC[C@@H]4C(=O)N(N(C)c5nc(C(F)(F)F)ccc5Cl)C(=O)[C@@H]43)[C@H](c3cc(OC(F)(F)F)ccc3O)[C@]2(Cl)C1=O. The number of aromatic nitrogens is 1. The van der Waals surface area contributed by atoms with E-state index in [4.69, 9.17) is 34.8 Å². The van der Waals surface area contributed by atoms with E-state index in [2.05, 4.69) is 9.72 Å². The van der Waals surface area contributed by atoms with Gasteiger partial charge in [0.1, 0.15) is 17.2 Å². The number of rotatable bonds is 4. The predicted octanol–water partition coefficient (Wildman–Crippen LogP) is 5.40. The number of hydrogen-bond acceptors (Lipinski definition) is 8. The van der Waals surface area contributed by atoms with Crippen LogP contribution in [0.4, 0.5) is 32.2 Å². The highest BCUT2D eigenvalue weighted by Crippen LogP contribution is 2.66. The van der Waals surface area contributed by atoms with Crippen molar-refractivity contribution in [1.29, 1.82) is 0 Å². The quantitative estimate of drug-likeness (QED) is 0.192. The molecule has 256 valence electrons. The van der Waals surface area contributed by atoms with Crippen molar-refractivity contribution in [2.75, 3.05) is 19.1 Å². The molecular formula is C29H21Cl3F6N4O6. The van der Waals surface area contributed by atoms with Gasteiger partial charge in [0.25, 0.3) is 23.6 Å². The van der Waals surface area contributed by atoms with E-state index in [0.717, 1.165) is 43.4 Å². The number of fused-ring (bicyclic) bond motifs is 4. The first-order valence-corrected chi connectivity index (χ1v) is 15.1. The second-order valence-corrected chi connectivity index (χ2v) is 13.4. The molecule has 1 N–H and O–H groups in total. The first kappa shape index (κ1) is 34.1. The minimum atomic E-state index is -5.15. The van der Waals surface area contributed by atoms with Crippen LogP contribution >= 0.6 is 34.8 Å². The predicted molar refractivity (Wildman–Crippen MR) is 155 cm³/mol. The molecule has 0 radical (unpaired) electrons. The van der Waals surface area contributed by atoms with E-state index in [9.17, 15) is 50.6 Å². The number of ether oxygens (including phenoxy) is 1. The van der Waals surface area contributed by atoms with Crippen LogP contribution in [-0.2, 0) is 25.4 Å². The zero-order chi connectivity index (χ0) is 35.5. The van der Waals surface area contributed by atoms with Crippen molar-refractivity contribution in [1.82, 2.24) is 14.9 Å². The molecule has 2 aliphatic heterocycles. The molecule has 3 fully saturated rings. The molecule has 2 saturated heterocycles. The minimum Gasteiger partial charge on any atom is -0.508 e. The second-order valence-electron chi connectivity index (χ2n) is 11.8. The average molecular weight is 742 g/mol. The highest BCUT2D eigenvalue weighted by atomic mass is 35.5. The first-order valence-electron chi connectivity index (χ1n) is 14.0. The maximum Gasteiger partial charge on any atom is 0.573 e. The Hall–Kier alpha value is -3.76. The zero-order valence-corrected chi connectivity index (χ0v) is 26.6. The molecule has 1 aromatic heterocycles. The number of benzene rings is 1. The Kier molecular flexibility index (Phi) is 7.73. The Bertz CT molecular complexity index is 1820. The number of hydrazine groups is 1. The van der Waals surface area contributed by atoms with Gasteiger partial charge in [-0.25, -0.2) is 4.98 Å². The number of pyridine rings is 1. The van der Waals surface area contributed by atoms with Gasteiger partial charge in [0.2, 0.25) is 0 Å². The van der Waals surface area contributed by atoms with Crippen LogP contribution in [0.3, 0.4) is 0 Å². The van der Waals surface area contributed by atoms with Crippen molar-refractivity contribution in [3.05, 3.63) is 58.3 Å². The van der Waals surface area contributed by atoms with Crippen LogP contribution in [0, 0.1) is 17.8 Å². The molecule has 0 spiro atoms. The number of nitrogens with zero attached hydrogens (tertiary/aromatic N) is 4. The Balaban J connectivity index is 1.47. The maximum atomic E-state index is 14.1. The lowest BCUT2D eigenvalue weighted by atomic mass is 9.56. The van der Waals surface area contributed by atoms with Crippen LogP contribution < -0.4 is 9.75 Å². The van der Waals surface area contributed by atoms with Crippen molar-refractivity contribution in [3.8, 4) is 11.5 Å². The summed E-state index contributed by atoms with van der Waals surface area (Å²) in [5.74, 6) is -11.1. The summed E-state index contributed by atoms with van der Waals surface area (Å²) in [6.45, 7) is 0. The minimum absolute atomic E-state index is 0.124. The zero-order valence-electron chi connectivity index (χ0n) is 24.4. The van der Waals surface area contributed by atoms with Crippen molar-refractivity contribution in [2.45, 2.75) is 41.0 Å². The van der Waals surface area contributed by atoms with Crippen LogP contribution in [0.5, 0.6) is 11.5 Å². The first-order chi connectivity index (χ1) is 22.1. The number of hydrogen-bond donors (Lipinski definition) is 1. The normalized spacial score (nSPS) is 30.3. The largest absolute Gasteiger partial charge is 0.573 e. The lowest BCUT2D eigenvalue weighted by Crippen LogP contribution is -2.60. The highest BCUT2D eigenvalue weighted by Gasteiger charge is 2.76. The molecular weight excluding hydrogens is 721 g/mol. The van der Waals surface area contributed by atoms with Gasteiger partial charge in [-0.05, 0) is 49.1 Å². The van der Waals surface area contributed by atoms with Gasteiger partial charge in [-0.2, -0.15) is 18.2 Å². The summed E-state index contributed by atoms with van der Waals surface area (Å²) in [7, 11) is 2.19. The fourth-order valence-electron chi connectivity index (χ4n) is 7.24. The van der Waals surface area contributed by atoms with E-state index < -0.39 is 99.0 Å². The third-order valence-corrected chi connectivity index (χ3v) is 11.0. The summed E-state index contributed by atoms with van der Waals surface area (Å²) in [6, 6.07) is 3.96. The van der Waals surface area contributed by atoms with E-state index in [1.54, 1.807) is 0 Å². The molecule has 3 heterocycles. The van der Waals surface area contributed by atoms with Gasteiger partial charge in [-0.15, -0.1) is 36.4 Å². The fourth-order valence-corrected chi connectivity index (χ4v) is 8.48. The molecule has 1 saturated carbocycles. The molecule has 10 nitrogen and oxygen atoms in total. The number of anilines is 1. The number of amides is 4. The van der Waals surface area contributed by atoms with E-state index >= 15 is 0 Å². The van der Waals surface area contributed by atoms with Gasteiger partial charge >= 0.3 is 12.5 Å². The van der Waals surface area contributed by atoms with E-state index in [0.29, 0.717) is 16.0 Å². The van der Waals surface area contributed by atoms with Gasteiger partial charge in [0, 0.05) is 25.6 Å². The lowest BCUT2D eigenvalue weighted by Gasteiger charge is -2.50. The van der Waals surface area contributed by atoms with Gasteiger partial charge in [-0.1, -0.05) is 23.3 Å². The number of carbonyl (C=O) groups is 4. The molecule has 4 amide bonds. The molecule has 1 aromatic carbocycles. The van der Waals surface area contributed by atoms with Crippen LogP contribution in [0.2, 0.25) is 5.02 Å². The summed E-state index contributed by atoms with van der Waals surface area (Å²) in [6.07, 6.45) is -9.31. The van der Waals surface area contributed by atoms with Crippen LogP contribution in [0.1, 0.15) is 30.0 Å². The standard InChI is InChI=1S/C29H21Cl3F6N4O6/c1-40-24(46)26(31)10-15-12(20(27(26,32)25(40)47)14-9-11(3-7-17(14)43)48-29(36,37)38)4-5-13-19(15)23(45)42(22(13)44)41(2)21-16(30)6-8-18(39-21)28(33,34)35/h3-4,6-9,13,15,19-20,43H,5,10H2,1-2H3/t13-,15+,19-,20+,26+,27-/m0/s1. The molecule has 6 atom stereocenters. The average Bonchev–Trinajstić information content (AvgIpc) is 3.31. The third kappa shape index (κ3) is 4.81. The van der Waals surface area contributed by atoms with Crippen molar-refractivity contribution in [3.63, 3.8) is 0 Å².